The molecule has 1 amide bonds. The number of benzene rings is 1. The van der Waals surface area contributed by atoms with E-state index in [-0.39, 0.29) is 22.8 Å². The van der Waals surface area contributed by atoms with Crippen LogP contribution in [-0.2, 0) is 15.6 Å². The summed E-state index contributed by atoms with van der Waals surface area (Å²) in [7, 11) is -0.365. The second-order valence-corrected chi connectivity index (χ2v) is 4.92. The van der Waals surface area contributed by atoms with E-state index in [1.54, 1.807) is 0 Å². The van der Waals surface area contributed by atoms with Crippen molar-refractivity contribution in [3.8, 4) is 5.75 Å². The van der Waals surface area contributed by atoms with Crippen molar-refractivity contribution in [2.45, 2.75) is 0 Å². The summed E-state index contributed by atoms with van der Waals surface area (Å²) in [5.41, 5.74) is 4.93. The van der Waals surface area contributed by atoms with Crippen LogP contribution in [0.3, 0.4) is 0 Å². The number of nitrogens with two attached hydrogens (primary N) is 1. The Kier molecular flexibility index (Phi) is 4.96. The zero-order valence-corrected chi connectivity index (χ0v) is 10.5. The minimum absolute atomic E-state index is 0.0183. The second kappa shape index (κ2) is 6.25. The number of Topliss-reactive ketones (excluding diaryl/α,β-unsaturated/α-hetero) is 1. The van der Waals surface area contributed by atoms with Gasteiger partial charge < -0.3 is 10.5 Å². The van der Waals surface area contributed by atoms with Gasteiger partial charge in [0.15, 0.2) is 17.3 Å². The van der Waals surface area contributed by atoms with Crippen LogP contribution in [0.5, 0.6) is 5.75 Å². The number of ether oxygens (including phenoxy) is 1. The lowest BCUT2D eigenvalue weighted by molar-refractivity contribution is -0.115. The van der Waals surface area contributed by atoms with Gasteiger partial charge in [-0.25, -0.2) is 4.39 Å². The standard InChI is InChI=1S/C11H12FNO4S/c1-17-10-3-2-7(4-8(10)12)9(14)5-18(16)6-11(13)15/h2-4H,5-6H2,1H3,(H2,13,15). The highest BCUT2D eigenvalue weighted by molar-refractivity contribution is 7.86. The summed E-state index contributed by atoms with van der Waals surface area (Å²) in [6.45, 7) is 0. The fraction of sp³-hybridized carbons (Fsp3) is 0.273. The summed E-state index contributed by atoms with van der Waals surface area (Å²) in [5, 5.41) is 0. The zero-order valence-electron chi connectivity index (χ0n) is 9.64. The lowest BCUT2D eigenvalue weighted by Gasteiger charge is -2.04. The SMILES string of the molecule is COc1ccc(C(=O)CS(=O)CC(N)=O)cc1F. The predicted molar refractivity (Wildman–Crippen MR) is 64.4 cm³/mol. The summed E-state index contributed by atoms with van der Waals surface area (Å²) >= 11 is 0. The number of methoxy groups -OCH3 is 1. The van der Waals surface area contributed by atoms with Gasteiger partial charge >= 0.3 is 0 Å². The first-order valence-electron chi connectivity index (χ1n) is 4.94. The molecule has 0 spiro atoms. The molecular formula is C11H12FNO4S. The van der Waals surface area contributed by atoms with Gasteiger partial charge in [0.1, 0.15) is 5.75 Å². The van der Waals surface area contributed by atoms with E-state index in [9.17, 15) is 18.2 Å². The molecule has 18 heavy (non-hydrogen) atoms. The van der Waals surface area contributed by atoms with E-state index in [1.165, 1.54) is 19.2 Å². The molecule has 98 valence electrons. The molecule has 0 radical (unpaired) electrons. The summed E-state index contributed by atoms with van der Waals surface area (Å²) in [4.78, 5) is 22.1. The maximum atomic E-state index is 13.3. The number of primary amides is 1. The highest BCUT2D eigenvalue weighted by Gasteiger charge is 2.14. The molecule has 0 saturated carbocycles. The Morgan fingerprint density at radius 1 is 1.39 bits per heavy atom. The quantitative estimate of drug-likeness (QED) is 0.753. The average molecular weight is 273 g/mol. The average Bonchev–Trinajstić information content (AvgIpc) is 2.27. The molecule has 5 nitrogen and oxygen atoms in total. The molecule has 0 bridgehead atoms. The van der Waals surface area contributed by atoms with Crippen LogP contribution in [0.2, 0.25) is 0 Å². The fourth-order valence-electron chi connectivity index (χ4n) is 1.28. The molecule has 1 atom stereocenters. The Bertz CT molecular complexity index is 504. The molecule has 0 fully saturated rings. The zero-order chi connectivity index (χ0) is 13.7. The number of ketones is 1. The molecule has 1 rings (SSSR count). The Morgan fingerprint density at radius 2 is 2.06 bits per heavy atom. The number of halogens is 1. The van der Waals surface area contributed by atoms with Gasteiger partial charge in [0.2, 0.25) is 5.91 Å². The molecule has 0 aliphatic heterocycles. The molecule has 0 aliphatic carbocycles. The fourth-order valence-corrected chi connectivity index (χ4v) is 2.16. The third-order valence-electron chi connectivity index (χ3n) is 2.07. The highest BCUT2D eigenvalue weighted by atomic mass is 32.2. The van der Waals surface area contributed by atoms with Crippen LogP contribution >= 0.6 is 0 Å². The molecule has 2 N–H and O–H groups in total. The molecule has 1 aromatic carbocycles. The van der Waals surface area contributed by atoms with Crippen LogP contribution in [-0.4, -0.2) is 34.5 Å². The van der Waals surface area contributed by atoms with Crippen LogP contribution in [0.15, 0.2) is 18.2 Å². The van der Waals surface area contributed by atoms with E-state index in [0.29, 0.717) is 0 Å². The van der Waals surface area contributed by atoms with Crippen molar-refractivity contribution in [1.82, 2.24) is 0 Å². The first kappa shape index (κ1) is 14.3. The first-order chi connectivity index (χ1) is 8.43. The van der Waals surface area contributed by atoms with Crippen LogP contribution < -0.4 is 10.5 Å². The van der Waals surface area contributed by atoms with E-state index in [2.05, 4.69) is 0 Å². The van der Waals surface area contributed by atoms with E-state index >= 15 is 0 Å². The van der Waals surface area contributed by atoms with Crippen LogP contribution in [0, 0.1) is 5.82 Å². The van der Waals surface area contributed by atoms with E-state index in [4.69, 9.17) is 10.5 Å². The Morgan fingerprint density at radius 3 is 2.56 bits per heavy atom. The molecular weight excluding hydrogens is 261 g/mol. The van der Waals surface area contributed by atoms with Crippen molar-refractivity contribution in [2.24, 2.45) is 5.73 Å². The summed E-state index contributed by atoms with van der Waals surface area (Å²) in [6, 6.07) is 3.67. The van der Waals surface area contributed by atoms with E-state index < -0.39 is 28.3 Å². The number of hydrogen-bond acceptors (Lipinski definition) is 4. The first-order valence-corrected chi connectivity index (χ1v) is 6.43. The van der Waals surface area contributed by atoms with Gasteiger partial charge in [-0.2, -0.15) is 0 Å². The number of carbonyl (C=O) groups is 2. The van der Waals surface area contributed by atoms with Gasteiger partial charge in [0, 0.05) is 16.4 Å². The summed E-state index contributed by atoms with van der Waals surface area (Å²) < 4.78 is 29.4. The van der Waals surface area contributed by atoms with Crippen molar-refractivity contribution < 1.29 is 22.9 Å². The molecule has 0 aromatic heterocycles. The summed E-state index contributed by atoms with van der Waals surface area (Å²) in [5.74, 6) is -2.67. The number of rotatable bonds is 6. The lowest BCUT2D eigenvalue weighted by Crippen LogP contribution is -2.23. The van der Waals surface area contributed by atoms with Crippen molar-refractivity contribution in [3.05, 3.63) is 29.6 Å². The van der Waals surface area contributed by atoms with Crippen molar-refractivity contribution in [3.63, 3.8) is 0 Å². The monoisotopic (exact) mass is 273 g/mol. The van der Waals surface area contributed by atoms with Crippen molar-refractivity contribution in [1.29, 1.82) is 0 Å². The predicted octanol–water partition coefficient (Wildman–Crippen LogP) is 0.251. The Hall–Kier alpha value is -1.76. The minimum atomic E-state index is -1.67. The summed E-state index contributed by atoms with van der Waals surface area (Å²) in [6.07, 6.45) is 0. The van der Waals surface area contributed by atoms with Gasteiger partial charge in [0.05, 0.1) is 12.9 Å². The lowest BCUT2D eigenvalue weighted by atomic mass is 10.1. The van der Waals surface area contributed by atoms with Gasteiger partial charge in [-0.15, -0.1) is 0 Å². The van der Waals surface area contributed by atoms with E-state index in [1.807, 2.05) is 0 Å². The molecule has 0 heterocycles. The van der Waals surface area contributed by atoms with Crippen LogP contribution in [0.1, 0.15) is 10.4 Å². The van der Waals surface area contributed by atoms with Crippen LogP contribution in [0.25, 0.3) is 0 Å². The molecule has 1 aromatic rings. The second-order valence-electron chi connectivity index (χ2n) is 3.47. The molecule has 7 heteroatoms. The van der Waals surface area contributed by atoms with Crippen molar-refractivity contribution in [2.75, 3.05) is 18.6 Å². The normalized spacial score (nSPS) is 11.9. The molecule has 0 saturated heterocycles. The number of hydrogen-bond donors (Lipinski definition) is 1. The molecule has 0 aliphatic rings. The number of carbonyl (C=O) groups excluding carboxylic acids is 2. The largest absolute Gasteiger partial charge is 0.494 e. The van der Waals surface area contributed by atoms with Gasteiger partial charge in [0.25, 0.3) is 0 Å². The third-order valence-corrected chi connectivity index (χ3v) is 3.26. The third kappa shape index (κ3) is 3.92. The van der Waals surface area contributed by atoms with E-state index in [0.717, 1.165) is 6.07 Å². The number of amides is 1. The highest BCUT2D eigenvalue weighted by Crippen LogP contribution is 2.18. The van der Waals surface area contributed by atoms with Gasteiger partial charge in [-0.1, -0.05) is 0 Å². The maximum Gasteiger partial charge on any atom is 0.230 e. The minimum Gasteiger partial charge on any atom is -0.494 e. The smallest absolute Gasteiger partial charge is 0.230 e. The Balaban J connectivity index is 2.76. The van der Waals surface area contributed by atoms with Gasteiger partial charge in [-0.3, -0.25) is 13.8 Å². The molecule has 1 unspecified atom stereocenters. The van der Waals surface area contributed by atoms with Crippen LogP contribution in [0.4, 0.5) is 4.39 Å². The Labute approximate surface area is 106 Å². The maximum absolute atomic E-state index is 13.3. The topological polar surface area (TPSA) is 86.5 Å². The van der Waals surface area contributed by atoms with Crippen molar-refractivity contribution >= 4 is 22.5 Å². The van der Waals surface area contributed by atoms with Gasteiger partial charge in [-0.05, 0) is 18.2 Å².